The second-order valence-corrected chi connectivity index (χ2v) is 5.19. The lowest BCUT2D eigenvalue weighted by Gasteiger charge is -2.31. The molecule has 0 aromatic carbocycles. The van der Waals surface area contributed by atoms with Crippen LogP contribution >= 0.6 is 11.6 Å². The van der Waals surface area contributed by atoms with Gasteiger partial charge in [0.05, 0.1) is 13.0 Å². The van der Waals surface area contributed by atoms with Gasteiger partial charge in [0.1, 0.15) is 5.17 Å². The molecule has 1 atom stereocenters. The van der Waals surface area contributed by atoms with E-state index in [9.17, 15) is 9.59 Å². The van der Waals surface area contributed by atoms with Crippen LogP contribution in [0.3, 0.4) is 0 Å². The third kappa shape index (κ3) is 5.40. The second-order valence-electron chi connectivity index (χ2n) is 4.83. The van der Waals surface area contributed by atoms with Crippen LogP contribution in [0.5, 0.6) is 0 Å². The minimum atomic E-state index is -0.286. The van der Waals surface area contributed by atoms with Crippen molar-refractivity contribution in [2.45, 2.75) is 12.8 Å². The average molecular weight is 329 g/mol. The number of nitrogens with two attached hydrogens (primary N) is 1. The Morgan fingerprint density at radius 1 is 1.59 bits per heavy atom. The lowest BCUT2D eigenvalue weighted by Crippen LogP contribution is -2.47. The van der Waals surface area contributed by atoms with Crippen LogP contribution < -0.4 is 11.1 Å². The highest BCUT2D eigenvalue weighted by atomic mass is 35.5. The van der Waals surface area contributed by atoms with Crippen molar-refractivity contribution < 1.29 is 14.3 Å². The molecule has 122 valence electrons. The Kier molecular flexibility index (Phi) is 7.45. The molecule has 0 saturated carbocycles. The molecule has 3 N–H and O–H groups in total. The van der Waals surface area contributed by atoms with Gasteiger partial charge in [0.15, 0.2) is 0 Å². The molecule has 1 aliphatic heterocycles. The quantitative estimate of drug-likeness (QED) is 0.585. The van der Waals surface area contributed by atoms with Crippen molar-refractivity contribution in [1.82, 2.24) is 10.2 Å². The number of ether oxygens (including phenoxy) is 1. The highest BCUT2D eigenvalue weighted by Crippen LogP contribution is 2.17. The largest absolute Gasteiger partial charge is 0.469 e. The van der Waals surface area contributed by atoms with Gasteiger partial charge in [-0.3, -0.25) is 4.79 Å². The lowest BCUT2D eigenvalue weighted by molar-refractivity contribution is -0.146. The summed E-state index contributed by atoms with van der Waals surface area (Å²) >= 11 is 5.88. The van der Waals surface area contributed by atoms with Crippen LogP contribution in [0.2, 0.25) is 0 Å². The van der Waals surface area contributed by atoms with Crippen LogP contribution in [0.4, 0.5) is 4.79 Å². The number of carbonyl (C=O) groups excluding carboxylic acids is 2. The Labute approximate surface area is 134 Å². The number of urea groups is 1. The van der Waals surface area contributed by atoms with Gasteiger partial charge in [0, 0.05) is 37.6 Å². The number of amides is 2. The van der Waals surface area contributed by atoms with E-state index in [2.05, 4.69) is 16.9 Å². The molecule has 7 nitrogen and oxygen atoms in total. The first kappa shape index (κ1) is 18.0. The first-order valence-corrected chi connectivity index (χ1v) is 7.26. The Hall–Kier alpha value is -2.02. The molecule has 1 fully saturated rings. The molecular weight excluding hydrogens is 308 g/mol. The number of nitrogens with zero attached hydrogens (tertiary/aromatic N) is 2. The van der Waals surface area contributed by atoms with E-state index in [4.69, 9.17) is 22.1 Å². The maximum Gasteiger partial charge on any atom is 0.317 e. The van der Waals surface area contributed by atoms with Crippen molar-refractivity contribution >= 4 is 28.8 Å². The number of hydrogen-bond acceptors (Lipinski definition) is 5. The molecular formula is C14H21ClN4O3. The zero-order chi connectivity index (χ0) is 16.5. The van der Waals surface area contributed by atoms with Crippen LogP contribution in [0.15, 0.2) is 29.5 Å². The van der Waals surface area contributed by atoms with Crippen molar-refractivity contribution in [3.63, 3.8) is 0 Å². The van der Waals surface area contributed by atoms with Gasteiger partial charge in [0.2, 0.25) is 0 Å². The van der Waals surface area contributed by atoms with E-state index < -0.39 is 0 Å². The molecule has 1 unspecified atom stereocenters. The maximum atomic E-state index is 12.1. The molecule has 0 aromatic heterocycles. The number of nitrogens with one attached hydrogen (secondary N) is 1. The minimum absolute atomic E-state index is 0.166. The SMILES string of the molecule is C=C(CNC(=O)N1CCCC(C(=O)OC)C1)C(Cl)=N/C=C\N. The molecule has 1 heterocycles. The predicted molar refractivity (Wildman–Crippen MR) is 85.5 cm³/mol. The normalized spacial score (nSPS) is 19.1. The third-order valence-corrected chi connectivity index (χ3v) is 3.63. The van der Waals surface area contributed by atoms with E-state index in [0.29, 0.717) is 18.7 Å². The van der Waals surface area contributed by atoms with Crippen molar-refractivity contribution in [1.29, 1.82) is 0 Å². The van der Waals surface area contributed by atoms with Gasteiger partial charge in [-0.05, 0) is 12.8 Å². The van der Waals surface area contributed by atoms with E-state index in [1.165, 1.54) is 19.5 Å². The summed E-state index contributed by atoms with van der Waals surface area (Å²) in [6.45, 7) is 4.85. The van der Waals surface area contributed by atoms with Crippen LogP contribution in [0, 0.1) is 5.92 Å². The van der Waals surface area contributed by atoms with Crippen LogP contribution in [0.25, 0.3) is 0 Å². The molecule has 2 amide bonds. The summed E-state index contributed by atoms with van der Waals surface area (Å²) in [5.74, 6) is -0.557. The van der Waals surface area contributed by atoms with Crippen molar-refractivity contribution in [2.24, 2.45) is 16.6 Å². The molecule has 1 saturated heterocycles. The molecule has 0 spiro atoms. The predicted octanol–water partition coefficient (Wildman–Crippen LogP) is 1.20. The molecule has 0 aromatic rings. The van der Waals surface area contributed by atoms with Crippen LogP contribution in [-0.4, -0.2) is 48.8 Å². The Morgan fingerprint density at radius 2 is 2.32 bits per heavy atom. The number of carbonyl (C=O) groups is 2. The first-order valence-electron chi connectivity index (χ1n) is 6.88. The summed E-state index contributed by atoms with van der Waals surface area (Å²) in [7, 11) is 1.35. The van der Waals surface area contributed by atoms with E-state index in [0.717, 1.165) is 12.8 Å². The summed E-state index contributed by atoms with van der Waals surface area (Å²) < 4.78 is 4.72. The van der Waals surface area contributed by atoms with Crippen molar-refractivity contribution in [3.8, 4) is 0 Å². The van der Waals surface area contributed by atoms with E-state index in [-0.39, 0.29) is 29.6 Å². The number of rotatable bonds is 5. The molecule has 8 heteroatoms. The number of methoxy groups -OCH3 is 1. The van der Waals surface area contributed by atoms with Gasteiger partial charge in [-0.25, -0.2) is 9.79 Å². The summed E-state index contributed by atoms with van der Waals surface area (Å²) in [5, 5.41) is 2.88. The zero-order valence-electron chi connectivity index (χ0n) is 12.5. The fourth-order valence-corrected chi connectivity index (χ4v) is 2.21. The highest BCUT2D eigenvalue weighted by molar-refractivity contribution is 6.69. The van der Waals surface area contributed by atoms with E-state index >= 15 is 0 Å². The van der Waals surface area contributed by atoms with Gasteiger partial charge in [-0.2, -0.15) is 0 Å². The number of piperidine rings is 1. The highest BCUT2D eigenvalue weighted by Gasteiger charge is 2.28. The topological polar surface area (TPSA) is 97.0 Å². The van der Waals surface area contributed by atoms with Gasteiger partial charge in [-0.15, -0.1) is 0 Å². The number of aliphatic imine (C=N–C) groups is 1. The molecule has 0 aliphatic carbocycles. The summed E-state index contributed by atoms with van der Waals surface area (Å²) in [6, 6.07) is -0.270. The van der Waals surface area contributed by atoms with Crippen molar-refractivity contribution in [3.05, 3.63) is 24.6 Å². The number of hydrogen-bond donors (Lipinski definition) is 2. The monoisotopic (exact) mass is 328 g/mol. The third-order valence-electron chi connectivity index (χ3n) is 3.26. The zero-order valence-corrected chi connectivity index (χ0v) is 13.3. The minimum Gasteiger partial charge on any atom is -0.469 e. The fourth-order valence-electron chi connectivity index (χ4n) is 2.09. The standard InChI is InChI=1S/C14H21ClN4O3/c1-10(12(15)17-6-5-16)8-18-14(21)19-7-3-4-11(9-19)13(20)22-2/h5-6,11H,1,3-4,7-9,16H2,2H3,(H,18,21)/b6-5-,17-12?. The summed E-state index contributed by atoms with van der Waals surface area (Å²) in [4.78, 5) is 29.1. The molecule has 22 heavy (non-hydrogen) atoms. The Bertz CT molecular complexity index is 490. The second kappa shape index (κ2) is 9.09. The average Bonchev–Trinajstić information content (AvgIpc) is 2.56. The Balaban J connectivity index is 2.48. The first-order chi connectivity index (χ1) is 10.5. The van der Waals surface area contributed by atoms with Crippen molar-refractivity contribution in [2.75, 3.05) is 26.7 Å². The number of likely N-dealkylation sites (tertiary alicyclic amines) is 1. The van der Waals surface area contributed by atoms with Crippen LogP contribution in [0.1, 0.15) is 12.8 Å². The fraction of sp³-hybridized carbons (Fsp3) is 0.500. The Morgan fingerprint density at radius 3 is 2.95 bits per heavy atom. The maximum absolute atomic E-state index is 12.1. The van der Waals surface area contributed by atoms with Gasteiger partial charge in [0.25, 0.3) is 0 Å². The number of esters is 1. The van der Waals surface area contributed by atoms with E-state index in [1.54, 1.807) is 4.90 Å². The molecule has 0 radical (unpaired) electrons. The number of halogens is 1. The molecule has 0 bridgehead atoms. The summed E-state index contributed by atoms with van der Waals surface area (Å²) in [5.41, 5.74) is 5.62. The lowest BCUT2D eigenvalue weighted by atomic mass is 9.98. The van der Waals surface area contributed by atoms with Crippen LogP contribution in [-0.2, 0) is 9.53 Å². The smallest absolute Gasteiger partial charge is 0.317 e. The summed E-state index contributed by atoms with van der Waals surface area (Å²) in [6.07, 6.45) is 4.07. The molecule has 1 aliphatic rings. The van der Waals surface area contributed by atoms with Gasteiger partial charge >= 0.3 is 12.0 Å². The van der Waals surface area contributed by atoms with E-state index in [1.807, 2.05) is 0 Å². The molecule has 1 rings (SSSR count). The van der Waals surface area contributed by atoms with Gasteiger partial charge < -0.3 is 20.7 Å². The van der Waals surface area contributed by atoms with Gasteiger partial charge in [-0.1, -0.05) is 18.2 Å².